The molecule has 0 N–H and O–H groups in total. The summed E-state index contributed by atoms with van der Waals surface area (Å²) in [6.07, 6.45) is 46.0. The fourth-order valence-corrected chi connectivity index (χ4v) is 6.24. The van der Waals surface area contributed by atoms with E-state index in [-0.39, 0.29) is 30.1 Å². The summed E-state index contributed by atoms with van der Waals surface area (Å²) >= 11 is 0. The van der Waals surface area contributed by atoms with E-state index in [0.717, 1.165) is 64.2 Å². The van der Waals surface area contributed by atoms with Crippen molar-refractivity contribution in [2.45, 2.75) is 181 Å². The van der Waals surface area contributed by atoms with Gasteiger partial charge in [0.1, 0.15) is 6.61 Å². The van der Waals surface area contributed by atoms with Crippen LogP contribution in [-0.4, -0.2) is 56.7 Å². The van der Waals surface area contributed by atoms with Crippen molar-refractivity contribution in [3.8, 4) is 0 Å². The summed E-state index contributed by atoms with van der Waals surface area (Å²) in [5.41, 5.74) is 1.08. The Balaban J connectivity index is 2.41. The highest BCUT2D eigenvalue weighted by molar-refractivity contribution is 5.95. The SMILES string of the molecule is CCCCCC=CCC=CCCCCCCCCOC(=O)c1cc(COC(=O)CCN(C)C)cc(C(=O)OCCCCCCCCC=CCC=CCCCCC)c1. The van der Waals surface area contributed by atoms with Crippen LogP contribution in [0.4, 0.5) is 0 Å². The van der Waals surface area contributed by atoms with Gasteiger partial charge in [-0.25, -0.2) is 9.59 Å². The molecule has 322 valence electrons. The van der Waals surface area contributed by atoms with Crippen molar-refractivity contribution in [2.24, 2.45) is 0 Å². The van der Waals surface area contributed by atoms with Gasteiger partial charge in [-0.15, -0.1) is 0 Å². The third-order valence-corrected chi connectivity index (χ3v) is 9.78. The smallest absolute Gasteiger partial charge is 0.338 e. The van der Waals surface area contributed by atoms with Crippen LogP contribution in [0, 0.1) is 0 Å². The van der Waals surface area contributed by atoms with Crippen molar-refractivity contribution in [1.29, 1.82) is 0 Å². The van der Waals surface area contributed by atoms with E-state index in [2.05, 4.69) is 62.5 Å². The van der Waals surface area contributed by atoms with Gasteiger partial charge in [-0.1, -0.05) is 140 Å². The summed E-state index contributed by atoms with van der Waals surface area (Å²) in [4.78, 5) is 40.3. The van der Waals surface area contributed by atoms with Crippen molar-refractivity contribution in [3.63, 3.8) is 0 Å². The number of carbonyl (C=O) groups is 3. The van der Waals surface area contributed by atoms with Gasteiger partial charge in [-0.05, 0) is 115 Å². The fourth-order valence-electron chi connectivity index (χ4n) is 6.24. The van der Waals surface area contributed by atoms with Crippen LogP contribution in [-0.2, 0) is 25.6 Å². The van der Waals surface area contributed by atoms with Crippen molar-refractivity contribution < 1.29 is 28.6 Å². The molecular weight excluding hydrogens is 711 g/mol. The second-order valence-electron chi connectivity index (χ2n) is 15.6. The average Bonchev–Trinajstić information content (AvgIpc) is 3.21. The van der Waals surface area contributed by atoms with Gasteiger partial charge in [0.05, 0.1) is 30.8 Å². The number of nitrogens with zero attached hydrogens (tertiary/aromatic N) is 1. The highest BCUT2D eigenvalue weighted by Crippen LogP contribution is 2.17. The molecule has 0 saturated carbocycles. The minimum atomic E-state index is -0.488. The van der Waals surface area contributed by atoms with E-state index in [1.165, 1.54) is 96.0 Å². The predicted molar refractivity (Wildman–Crippen MR) is 239 cm³/mol. The molecule has 0 aromatic heterocycles. The van der Waals surface area contributed by atoms with E-state index >= 15 is 0 Å². The number of unbranched alkanes of at least 4 members (excludes halogenated alkanes) is 18. The summed E-state index contributed by atoms with van der Waals surface area (Å²) in [6, 6.07) is 4.80. The van der Waals surface area contributed by atoms with E-state index in [9.17, 15) is 14.4 Å². The number of hydrogen-bond donors (Lipinski definition) is 0. The molecule has 0 amide bonds. The minimum absolute atomic E-state index is 0.0361. The molecule has 1 aromatic carbocycles. The largest absolute Gasteiger partial charge is 0.462 e. The number of benzene rings is 1. The normalized spacial score (nSPS) is 11.9. The molecule has 0 aliphatic carbocycles. The summed E-state index contributed by atoms with van der Waals surface area (Å²) in [7, 11) is 3.79. The zero-order chi connectivity index (χ0) is 41.4. The summed E-state index contributed by atoms with van der Waals surface area (Å²) in [6.45, 7) is 5.66. The molecular formula is C50H81NO6. The van der Waals surface area contributed by atoms with E-state index in [1.807, 2.05) is 19.0 Å². The van der Waals surface area contributed by atoms with Gasteiger partial charge in [0.15, 0.2) is 0 Å². The summed E-state index contributed by atoms with van der Waals surface area (Å²) in [5, 5.41) is 0. The van der Waals surface area contributed by atoms with Crippen molar-refractivity contribution >= 4 is 17.9 Å². The van der Waals surface area contributed by atoms with Gasteiger partial charge < -0.3 is 19.1 Å². The third-order valence-electron chi connectivity index (χ3n) is 9.78. The number of esters is 3. The van der Waals surface area contributed by atoms with Crippen LogP contribution in [0.2, 0.25) is 0 Å². The Morgan fingerprint density at radius 2 is 0.877 bits per heavy atom. The second kappa shape index (κ2) is 38.1. The van der Waals surface area contributed by atoms with Crippen molar-refractivity contribution in [3.05, 3.63) is 83.5 Å². The maximum absolute atomic E-state index is 13.1. The molecule has 7 heteroatoms. The third kappa shape index (κ3) is 32.2. The van der Waals surface area contributed by atoms with E-state index in [4.69, 9.17) is 14.2 Å². The molecule has 7 nitrogen and oxygen atoms in total. The standard InChI is InChI=1S/C50H81NO6/c1-5-7-9-11-13-15-17-19-21-23-25-27-29-31-33-35-39-55-49(53)46-41-45(44-57-48(52)37-38-51(3)4)42-47(43-46)50(54)56-40-36-34-32-30-28-26-24-22-20-18-16-14-12-10-8-6-2/h13-16,19-22,41-43H,5-12,17-18,23-40,44H2,1-4H3. The first kappa shape index (κ1) is 51.6. The van der Waals surface area contributed by atoms with Crippen LogP contribution in [0.15, 0.2) is 66.8 Å². The molecule has 0 bridgehead atoms. The molecule has 0 aliphatic rings. The number of ether oxygens (including phenoxy) is 3. The first-order valence-corrected chi connectivity index (χ1v) is 22.8. The van der Waals surface area contributed by atoms with Crippen LogP contribution < -0.4 is 0 Å². The number of rotatable bonds is 37. The lowest BCUT2D eigenvalue weighted by Crippen LogP contribution is -2.18. The van der Waals surface area contributed by atoms with Gasteiger partial charge in [0.25, 0.3) is 0 Å². The van der Waals surface area contributed by atoms with E-state index in [0.29, 0.717) is 25.3 Å². The predicted octanol–water partition coefficient (Wildman–Crippen LogP) is 13.6. The van der Waals surface area contributed by atoms with Crippen LogP contribution in [0.1, 0.15) is 201 Å². The van der Waals surface area contributed by atoms with Crippen LogP contribution in [0.25, 0.3) is 0 Å². The molecule has 1 aromatic rings. The van der Waals surface area contributed by atoms with E-state index in [1.54, 1.807) is 12.1 Å². The van der Waals surface area contributed by atoms with Gasteiger partial charge in [0.2, 0.25) is 0 Å². The van der Waals surface area contributed by atoms with Crippen LogP contribution in [0.5, 0.6) is 0 Å². The van der Waals surface area contributed by atoms with Crippen LogP contribution in [0.3, 0.4) is 0 Å². The highest BCUT2D eigenvalue weighted by Gasteiger charge is 2.16. The number of hydrogen-bond acceptors (Lipinski definition) is 7. The van der Waals surface area contributed by atoms with Crippen molar-refractivity contribution in [1.82, 2.24) is 4.90 Å². The molecule has 0 fully saturated rings. The molecule has 57 heavy (non-hydrogen) atoms. The topological polar surface area (TPSA) is 82.1 Å². The maximum Gasteiger partial charge on any atom is 0.338 e. The minimum Gasteiger partial charge on any atom is -0.462 e. The lowest BCUT2D eigenvalue weighted by molar-refractivity contribution is -0.145. The zero-order valence-corrected chi connectivity index (χ0v) is 36.8. The molecule has 0 unspecified atom stereocenters. The Hall–Kier alpha value is -3.45. The Kier molecular flexibility index (Phi) is 34.5. The molecule has 0 radical (unpaired) electrons. The quantitative estimate of drug-likeness (QED) is 0.0287. The first-order valence-electron chi connectivity index (χ1n) is 22.8. The van der Waals surface area contributed by atoms with Crippen LogP contribution >= 0.6 is 0 Å². The average molecular weight is 792 g/mol. The Morgan fingerprint density at radius 3 is 1.28 bits per heavy atom. The molecule has 0 aliphatic heterocycles. The summed E-state index contributed by atoms with van der Waals surface area (Å²) in [5.74, 6) is -1.31. The highest BCUT2D eigenvalue weighted by atomic mass is 16.5. The maximum atomic E-state index is 13.1. The fraction of sp³-hybridized carbons (Fsp3) is 0.660. The van der Waals surface area contributed by atoms with Gasteiger partial charge in [-0.3, -0.25) is 4.79 Å². The van der Waals surface area contributed by atoms with Gasteiger partial charge in [-0.2, -0.15) is 0 Å². The molecule has 0 atom stereocenters. The molecule has 0 spiro atoms. The molecule has 0 heterocycles. The monoisotopic (exact) mass is 792 g/mol. The zero-order valence-electron chi connectivity index (χ0n) is 36.8. The lowest BCUT2D eigenvalue weighted by atomic mass is 10.1. The first-order chi connectivity index (χ1) is 27.9. The molecule has 1 rings (SSSR count). The Labute approximate surface area is 348 Å². The number of carbonyl (C=O) groups excluding carboxylic acids is 3. The van der Waals surface area contributed by atoms with Crippen molar-refractivity contribution in [2.75, 3.05) is 33.9 Å². The second-order valence-corrected chi connectivity index (χ2v) is 15.6. The Morgan fingerprint density at radius 1 is 0.491 bits per heavy atom. The summed E-state index contributed by atoms with van der Waals surface area (Å²) < 4.78 is 16.7. The van der Waals surface area contributed by atoms with E-state index < -0.39 is 11.9 Å². The van der Waals surface area contributed by atoms with Gasteiger partial charge in [0, 0.05) is 6.54 Å². The van der Waals surface area contributed by atoms with Gasteiger partial charge >= 0.3 is 17.9 Å². The molecule has 0 saturated heterocycles. The number of allylic oxidation sites excluding steroid dienone is 8. The lowest BCUT2D eigenvalue weighted by Gasteiger charge is -2.12. The Bertz CT molecular complexity index is 1200.